The number of nitrogens with zero attached hydrogens (tertiary/aromatic N) is 6. The average molecular weight is 437 g/mol. The van der Waals surface area contributed by atoms with E-state index >= 15 is 0 Å². The summed E-state index contributed by atoms with van der Waals surface area (Å²) in [5, 5.41) is 12.9. The fourth-order valence-corrected chi connectivity index (χ4v) is 5.00. The van der Waals surface area contributed by atoms with E-state index in [0.29, 0.717) is 6.04 Å². The fourth-order valence-electron chi connectivity index (χ4n) is 5.00. The summed E-state index contributed by atoms with van der Waals surface area (Å²) >= 11 is 0. The van der Waals surface area contributed by atoms with Crippen molar-refractivity contribution in [2.75, 3.05) is 38.2 Å². The van der Waals surface area contributed by atoms with Gasteiger partial charge in [0, 0.05) is 37.9 Å². The first kappa shape index (κ1) is 20.9. The Labute approximate surface area is 187 Å². The Balaban J connectivity index is 1.41. The summed E-state index contributed by atoms with van der Waals surface area (Å²) in [5.41, 5.74) is 2.19. The first-order valence-corrected chi connectivity index (χ1v) is 11.4. The van der Waals surface area contributed by atoms with E-state index in [-0.39, 0.29) is 11.9 Å². The van der Waals surface area contributed by atoms with Crippen molar-refractivity contribution >= 4 is 5.69 Å². The highest BCUT2D eigenvalue weighted by atomic mass is 19.1. The van der Waals surface area contributed by atoms with Crippen LogP contribution in [-0.2, 0) is 0 Å². The lowest BCUT2D eigenvalue weighted by Crippen LogP contribution is -2.48. The molecule has 32 heavy (non-hydrogen) atoms. The number of hydrogen-bond acceptors (Lipinski definition) is 6. The number of hydrogen-bond donors (Lipinski definition) is 0. The molecule has 1 saturated heterocycles. The SMILES string of the molecule is COc1cccc(N2CCN([C@H](c3ccc(F)cc3)c3nnnn3C3CCCC3)CC2)c1. The maximum absolute atomic E-state index is 13.7. The number of benzene rings is 2. The summed E-state index contributed by atoms with van der Waals surface area (Å²) < 4.78 is 21.1. The molecule has 1 saturated carbocycles. The molecule has 7 nitrogen and oxygen atoms in total. The van der Waals surface area contributed by atoms with Gasteiger partial charge >= 0.3 is 0 Å². The zero-order chi connectivity index (χ0) is 21.9. The highest BCUT2D eigenvalue weighted by molar-refractivity contribution is 5.51. The van der Waals surface area contributed by atoms with Gasteiger partial charge in [-0.15, -0.1) is 5.10 Å². The second-order valence-electron chi connectivity index (χ2n) is 8.60. The molecule has 1 aromatic heterocycles. The first-order chi connectivity index (χ1) is 15.7. The van der Waals surface area contributed by atoms with E-state index < -0.39 is 0 Å². The largest absolute Gasteiger partial charge is 0.497 e. The van der Waals surface area contributed by atoms with Crippen LogP contribution in [0.15, 0.2) is 48.5 Å². The second-order valence-corrected chi connectivity index (χ2v) is 8.60. The quantitative estimate of drug-likeness (QED) is 0.585. The third-order valence-corrected chi connectivity index (χ3v) is 6.72. The van der Waals surface area contributed by atoms with Crippen LogP contribution in [-0.4, -0.2) is 58.4 Å². The van der Waals surface area contributed by atoms with Crippen molar-refractivity contribution in [3.8, 4) is 5.75 Å². The van der Waals surface area contributed by atoms with Crippen LogP contribution >= 0.6 is 0 Å². The van der Waals surface area contributed by atoms with Crippen molar-refractivity contribution in [1.82, 2.24) is 25.1 Å². The Bertz CT molecular complexity index is 1020. The number of piperazine rings is 1. The van der Waals surface area contributed by atoms with E-state index in [4.69, 9.17) is 4.74 Å². The molecule has 0 amide bonds. The Hall–Kier alpha value is -3.00. The van der Waals surface area contributed by atoms with E-state index in [1.165, 1.54) is 25.0 Å². The van der Waals surface area contributed by atoms with Gasteiger partial charge in [-0.2, -0.15) is 0 Å². The molecule has 0 spiro atoms. The number of rotatable bonds is 6. The molecule has 2 fully saturated rings. The van der Waals surface area contributed by atoms with Gasteiger partial charge < -0.3 is 9.64 Å². The zero-order valence-electron chi connectivity index (χ0n) is 18.4. The molecule has 5 rings (SSSR count). The van der Waals surface area contributed by atoms with Gasteiger partial charge in [-0.1, -0.05) is 31.0 Å². The van der Waals surface area contributed by atoms with Crippen LogP contribution in [0.2, 0.25) is 0 Å². The predicted molar refractivity (Wildman–Crippen MR) is 120 cm³/mol. The molecular weight excluding hydrogens is 407 g/mol. The van der Waals surface area contributed by atoms with E-state index in [1.807, 2.05) is 28.9 Å². The number of tetrazole rings is 1. The van der Waals surface area contributed by atoms with Crippen molar-refractivity contribution in [1.29, 1.82) is 0 Å². The highest BCUT2D eigenvalue weighted by Gasteiger charge is 2.33. The van der Waals surface area contributed by atoms with Crippen LogP contribution in [0.25, 0.3) is 0 Å². The van der Waals surface area contributed by atoms with Crippen LogP contribution in [0, 0.1) is 5.82 Å². The summed E-state index contributed by atoms with van der Waals surface area (Å²) in [6.45, 7) is 3.49. The van der Waals surface area contributed by atoms with Gasteiger partial charge in [0.15, 0.2) is 5.82 Å². The summed E-state index contributed by atoms with van der Waals surface area (Å²) in [5.74, 6) is 1.49. The molecule has 1 atom stereocenters. The molecule has 2 aromatic carbocycles. The summed E-state index contributed by atoms with van der Waals surface area (Å²) in [7, 11) is 1.69. The molecule has 1 aliphatic carbocycles. The molecule has 8 heteroatoms. The van der Waals surface area contributed by atoms with Crippen molar-refractivity contribution in [2.45, 2.75) is 37.8 Å². The summed E-state index contributed by atoms with van der Waals surface area (Å²) in [6.07, 6.45) is 4.64. The van der Waals surface area contributed by atoms with Crippen LogP contribution in [0.1, 0.15) is 49.2 Å². The fraction of sp³-hybridized carbons (Fsp3) is 0.458. The Kier molecular flexibility index (Phi) is 6.03. The maximum atomic E-state index is 13.7. The van der Waals surface area contributed by atoms with Gasteiger partial charge in [-0.05, 0) is 53.1 Å². The molecule has 0 radical (unpaired) electrons. The molecular formula is C24H29FN6O. The topological polar surface area (TPSA) is 59.3 Å². The number of methoxy groups -OCH3 is 1. The Morgan fingerprint density at radius 1 is 1.00 bits per heavy atom. The number of anilines is 1. The molecule has 0 N–H and O–H groups in total. The van der Waals surface area contributed by atoms with Gasteiger partial charge in [0.05, 0.1) is 19.2 Å². The molecule has 0 bridgehead atoms. The molecule has 2 heterocycles. The minimum Gasteiger partial charge on any atom is -0.497 e. The van der Waals surface area contributed by atoms with Crippen molar-refractivity contribution in [3.63, 3.8) is 0 Å². The minimum atomic E-state index is -0.231. The van der Waals surface area contributed by atoms with Crippen molar-refractivity contribution in [2.24, 2.45) is 0 Å². The highest BCUT2D eigenvalue weighted by Crippen LogP contribution is 2.35. The maximum Gasteiger partial charge on any atom is 0.173 e. The summed E-state index contributed by atoms with van der Waals surface area (Å²) in [6, 6.07) is 15.2. The zero-order valence-corrected chi connectivity index (χ0v) is 18.4. The molecule has 0 unspecified atom stereocenters. The van der Waals surface area contributed by atoms with E-state index in [0.717, 1.165) is 61.8 Å². The smallest absolute Gasteiger partial charge is 0.173 e. The van der Waals surface area contributed by atoms with E-state index in [2.05, 4.69) is 37.5 Å². The third kappa shape index (κ3) is 4.19. The van der Waals surface area contributed by atoms with Crippen molar-refractivity contribution in [3.05, 3.63) is 65.7 Å². The van der Waals surface area contributed by atoms with E-state index in [1.54, 1.807) is 7.11 Å². The molecule has 2 aliphatic rings. The van der Waals surface area contributed by atoms with Gasteiger partial charge in [-0.3, -0.25) is 4.90 Å². The van der Waals surface area contributed by atoms with Gasteiger partial charge in [0.2, 0.25) is 0 Å². The number of aromatic nitrogens is 4. The lowest BCUT2D eigenvalue weighted by molar-refractivity contribution is 0.197. The average Bonchev–Trinajstić information content (AvgIpc) is 3.53. The molecule has 168 valence electrons. The normalized spacial score (nSPS) is 18.8. The Morgan fingerprint density at radius 3 is 2.47 bits per heavy atom. The Morgan fingerprint density at radius 2 is 1.75 bits per heavy atom. The van der Waals surface area contributed by atoms with Gasteiger partial charge in [0.25, 0.3) is 0 Å². The monoisotopic (exact) mass is 436 g/mol. The van der Waals surface area contributed by atoms with Crippen LogP contribution in [0.3, 0.4) is 0 Å². The number of halogens is 1. The number of ether oxygens (including phenoxy) is 1. The predicted octanol–water partition coefficient (Wildman–Crippen LogP) is 3.85. The van der Waals surface area contributed by atoms with Crippen molar-refractivity contribution < 1.29 is 9.13 Å². The molecule has 1 aliphatic heterocycles. The lowest BCUT2D eigenvalue weighted by Gasteiger charge is -2.40. The van der Waals surface area contributed by atoms with Gasteiger partial charge in [0.1, 0.15) is 11.6 Å². The second kappa shape index (κ2) is 9.24. The first-order valence-electron chi connectivity index (χ1n) is 11.4. The third-order valence-electron chi connectivity index (χ3n) is 6.72. The lowest BCUT2D eigenvalue weighted by atomic mass is 10.0. The standard InChI is InChI=1S/C24H29FN6O/c1-32-22-8-4-7-21(17-22)29-13-15-30(16-14-29)23(18-9-11-19(25)12-10-18)24-26-27-28-31(24)20-5-2-3-6-20/h4,7-12,17,20,23H,2-3,5-6,13-16H2,1H3/t23-/m1/s1. The van der Waals surface area contributed by atoms with Crippen LogP contribution in [0.4, 0.5) is 10.1 Å². The summed E-state index contributed by atoms with van der Waals surface area (Å²) in [4.78, 5) is 4.79. The van der Waals surface area contributed by atoms with Gasteiger partial charge in [-0.25, -0.2) is 9.07 Å². The molecule has 3 aromatic rings. The minimum absolute atomic E-state index is 0.0985. The van der Waals surface area contributed by atoms with E-state index in [9.17, 15) is 4.39 Å². The van der Waals surface area contributed by atoms with Crippen LogP contribution < -0.4 is 9.64 Å². The van der Waals surface area contributed by atoms with Crippen LogP contribution in [0.5, 0.6) is 5.75 Å².